The highest BCUT2D eigenvalue weighted by Gasteiger charge is 2.22. The second-order valence-corrected chi connectivity index (χ2v) is 5.14. The summed E-state index contributed by atoms with van der Waals surface area (Å²) in [5, 5.41) is 12.8. The van der Waals surface area contributed by atoms with Gasteiger partial charge in [0.1, 0.15) is 10.3 Å². The van der Waals surface area contributed by atoms with Gasteiger partial charge in [-0.1, -0.05) is 23.2 Å². The van der Waals surface area contributed by atoms with Crippen molar-refractivity contribution < 1.29 is 14.6 Å². The van der Waals surface area contributed by atoms with Crippen molar-refractivity contribution >= 4 is 29.1 Å². The number of halogens is 2. The molecule has 0 aliphatic heterocycles. The van der Waals surface area contributed by atoms with Gasteiger partial charge in [-0.05, 0) is 19.1 Å². The lowest BCUT2D eigenvalue weighted by Crippen LogP contribution is -2.41. The SMILES string of the molecule is COCCC(C)(O)CNC(=O)c1ccc(Cl)nc1Cl. The number of carbonyl (C=O) groups is 1. The average Bonchev–Trinajstić information content (AvgIpc) is 2.34. The third kappa shape index (κ3) is 5.32. The summed E-state index contributed by atoms with van der Waals surface area (Å²) in [6.45, 7) is 2.12. The van der Waals surface area contributed by atoms with Crippen LogP contribution in [0.2, 0.25) is 10.3 Å². The van der Waals surface area contributed by atoms with Gasteiger partial charge in [0.15, 0.2) is 0 Å². The Bertz CT molecular complexity index is 453. The van der Waals surface area contributed by atoms with E-state index < -0.39 is 11.5 Å². The molecule has 1 rings (SSSR count). The molecule has 1 heterocycles. The van der Waals surface area contributed by atoms with Crippen LogP contribution in [0.5, 0.6) is 0 Å². The molecule has 1 aromatic rings. The van der Waals surface area contributed by atoms with Crippen molar-refractivity contribution in [1.82, 2.24) is 10.3 Å². The molecule has 0 aliphatic rings. The Morgan fingerprint density at radius 3 is 2.79 bits per heavy atom. The van der Waals surface area contributed by atoms with Crippen molar-refractivity contribution in [2.75, 3.05) is 20.3 Å². The van der Waals surface area contributed by atoms with Crippen molar-refractivity contribution in [2.24, 2.45) is 0 Å². The first-order valence-electron chi connectivity index (χ1n) is 5.67. The quantitative estimate of drug-likeness (QED) is 0.788. The van der Waals surface area contributed by atoms with E-state index in [4.69, 9.17) is 27.9 Å². The molecule has 0 saturated heterocycles. The van der Waals surface area contributed by atoms with E-state index in [1.54, 1.807) is 14.0 Å². The largest absolute Gasteiger partial charge is 0.388 e. The number of nitrogens with one attached hydrogen (secondary N) is 1. The van der Waals surface area contributed by atoms with E-state index in [1.165, 1.54) is 12.1 Å². The lowest BCUT2D eigenvalue weighted by molar-refractivity contribution is 0.0243. The molecule has 0 radical (unpaired) electrons. The Morgan fingerprint density at radius 1 is 1.53 bits per heavy atom. The third-order valence-corrected chi connectivity index (χ3v) is 3.03. The van der Waals surface area contributed by atoms with Crippen LogP contribution < -0.4 is 5.32 Å². The van der Waals surface area contributed by atoms with Crippen molar-refractivity contribution in [3.63, 3.8) is 0 Å². The Morgan fingerprint density at radius 2 is 2.21 bits per heavy atom. The highest BCUT2D eigenvalue weighted by Crippen LogP contribution is 2.16. The predicted molar refractivity (Wildman–Crippen MR) is 73.7 cm³/mol. The summed E-state index contributed by atoms with van der Waals surface area (Å²) in [6.07, 6.45) is 0.413. The minimum atomic E-state index is -1.04. The molecule has 1 unspecified atom stereocenters. The van der Waals surface area contributed by atoms with Crippen LogP contribution in [0.25, 0.3) is 0 Å². The summed E-state index contributed by atoms with van der Waals surface area (Å²) in [6, 6.07) is 2.96. The second kappa shape index (κ2) is 7.05. The Kier molecular flexibility index (Phi) is 6.00. The van der Waals surface area contributed by atoms with Crippen LogP contribution >= 0.6 is 23.2 Å². The molecule has 0 aromatic carbocycles. The Balaban J connectivity index is 2.60. The molecule has 106 valence electrons. The number of amides is 1. The van der Waals surface area contributed by atoms with Gasteiger partial charge in [-0.3, -0.25) is 4.79 Å². The van der Waals surface area contributed by atoms with Crippen LogP contribution in [0.3, 0.4) is 0 Å². The van der Waals surface area contributed by atoms with Gasteiger partial charge in [-0.15, -0.1) is 0 Å². The first-order chi connectivity index (χ1) is 8.85. The van der Waals surface area contributed by atoms with Gasteiger partial charge in [0.2, 0.25) is 0 Å². The van der Waals surface area contributed by atoms with Crippen LogP contribution in [0.15, 0.2) is 12.1 Å². The number of rotatable bonds is 6. The highest BCUT2D eigenvalue weighted by molar-refractivity contribution is 6.34. The van der Waals surface area contributed by atoms with E-state index in [1.807, 2.05) is 0 Å². The highest BCUT2D eigenvalue weighted by atomic mass is 35.5. The standard InChI is InChI=1S/C12H16Cl2N2O3/c1-12(18,5-6-19-2)7-15-11(17)8-3-4-9(13)16-10(8)14/h3-4,18H,5-7H2,1-2H3,(H,15,17). The summed E-state index contributed by atoms with van der Waals surface area (Å²) in [5.74, 6) is -0.410. The van der Waals surface area contributed by atoms with Crippen molar-refractivity contribution in [2.45, 2.75) is 18.9 Å². The Hall–Kier alpha value is -0.880. The first kappa shape index (κ1) is 16.2. The van der Waals surface area contributed by atoms with Gasteiger partial charge in [0, 0.05) is 26.7 Å². The van der Waals surface area contributed by atoms with Crippen molar-refractivity contribution in [1.29, 1.82) is 0 Å². The first-order valence-corrected chi connectivity index (χ1v) is 6.43. The molecule has 19 heavy (non-hydrogen) atoms. The van der Waals surface area contributed by atoms with E-state index in [-0.39, 0.29) is 22.4 Å². The maximum atomic E-state index is 11.9. The molecule has 0 aliphatic carbocycles. The Labute approximate surface area is 121 Å². The molecule has 2 N–H and O–H groups in total. The molecule has 1 amide bonds. The van der Waals surface area contributed by atoms with Crippen LogP contribution in [-0.2, 0) is 4.74 Å². The van der Waals surface area contributed by atoms with Crippen LogP contribution in [0.4, 0.5) is 0 Å². The van der Waals surface area contributed by atoms with Crippen molar-refractivity contribution in [3.05, 3.63) is 28.0 Å². The van der Waals surface area contributed by atoms with E-state index in [0.29, 0.717) is 13.0 Å². The molecule has 0 fully saturated rings. The van der Waals surface area contributed by atoms with Gasteiger partial charge in [-0.2, -0.15) is 0 Å². The monoisotopic (exact) mass is 306 g/mol. The second-order valence-electron chi connectivity index (χ2n) is 4.39. The van der Waals surface area contributed by atoms with Crippen molar-refractivity contribution in [3.8, 4) is 0 Å². The normalized spacial score (nSPS) is 13.9. The summed E-state index contributed by atoms with van der Waals surface area (Å²) in [5.41, 5.74) is -0.827. The fraction of sp³-hybridized carbons (Fsp3) is 0.500. The fourth-order valence-corrected chi connectivity index (χ4v) is 1.79. The third-order valence-electron chi connectivity index (χ3n) is 2.53. The molecule has 1 atom stereocenters. The zero-order valence-electron chi connectivity index (χ0n) is 10.7. The van der Waals surface area contributed by atoms with Crippen LogP contribution in [0.1, 0.15) is 23.7 Å². The van der Waals surface area contributed by atoms with E-state index in [0.717, 1.165) is 0 Å². The number of nitrogens with zero attached hydrogens (tertiary/aromatic N) is 1. The lowest BCUT2D eigenvalue weighted by atomic mass is 10.0. The van der Waals surface area contributed by atoms with Gasteiger partial charge in [-0.25, -0.2) is 4.98 Å². The smallest absolute Gasteiger partial charge is 0.254 e. The van der Waals surface area contributed by atoms with Gasteiger partial charge in [0.25, 0.3) is 5.91 Å². The molecule has 0 bridgehead atoms. The number of hydrogen-bond donors (Lipinski definition) is 2. The number of aliphatic hydroxyl groups is 1. The molecule has 7 heteroatoms. The molecule has 1 aromatic heterocycles. The number of aromatic nitrogens is 1. The molecule has 5 nitrogen and oxygen atoms in total. The average molecular weight is 307 g/mol. The maximum Gasteiger partial charge on any atom is 0.254 e. The van der Waals surface area contributed by atoms with Gasteiger partial charge >= 0.3 is 0 Å². The molecular formula is C12H16Cl2N2O3. The summed E-state index contributed by atoms with van der Waals surface area (Å²) in [4.78, 5) is 15.7. The van der Waals surface area contributed by atoms with Gasteiger partial charge < -0.3 is 15.2 Å². The van der Waals surface area contributed by atoms with E-state index in [2.05, 4.69) is 10.3 Å². The molecular weight excluding hydrogens is 291 g/mol. The van der Waals surface area contributed by atoms with E-state index in [9.17, 15) is 9.90 Å². The van der Waals surface area contributed by atoms with Crippen LogP contribution in [0, 0.1) is 0 Å². The summed E-state index contributed by atoms with van der Waals surface area (Å²) in [7, 11) is 1.55. The minimum absolute atomic E-state index is 0.0292. The fourth-order valence-electron chi connectivity index (χ4n) is 1.36. The lowest BCUT2D eigenvalue weighted by Gasteiger charge is -2.23. The predicted octanol–water partition coefficient (Wildman–Crippen LogP) is 1.91. The zero-order chi connectivity index (χ0) is 14.5. The number of ether oxygens (including phenoxy) is 1. The molecule has 0 spiro atoms. The number of methoxy groups -OCH3 is 1. The topological polar surface area (TPSA) is 71.5 Å². The molecule has 0 saturated carbocycles. The van der Waals surface area contributed by atoms with Gasteiger partial charge in [0.05, 0.1) is 11.2 Å². The maximum absolute atomic E-state index is 11.9. The number of hydrogen-bond acceptors (Lipinski definition) is 4. The summed E-state index contributed by atoms with van der Waals surface area (Å²) >= 11 is 11.5. The minimum Gasteiger partial charge on any atom is -0.388 e. The number of carbonyl (C=O) groups excluding carboxylic acids is 1. The number of pyridine rings is 1. The zero-order valence-corrected chi connectivity index (χ0v) is 12.3. The van der Waals surface area contributed by atoms with Crippen LogP contribution in [-0.4, -0.2) is 41.9 Å². The van der Waals surface area contributed by atoms with E-state index >= 15 is 0 Å². The summed E-state index contributed by atoms with van der Waals surface area (Å²) < 4.78 is 4.88.